The molecular weight excluding hydrogens is 358 g/mol. The average molecular weight is 388 g/mol. The second kappa shape index (κ2) is 10.6. The van der Waals surface area contributed by atoms with Crippen molar-refractivity contribution in [3.05, 3.63) is 102 Å². The van der Waals surface area contributed by atoms with Gasteiger partial charge in [-0.25, -0.2) is 0 Å². The molecule has 29 heavy (non-hydrogen) atoms. The third kappa shape index (κ3) is 5.57. The summed E-state index contributed by atoms with van der Waals surface area (Å²) in [5.74, 6) is 0.758. The highest BCUT2D eigenvalue weighted by Crippen LogP contribution is 2.34. The second-order valence-electron chi connectivity index (χ2n) is 6.99. The van der Waals surface area contributed by atoms with Gasteiger partial charge in [-0.15, -0.1) is 0 Å². The van der Waals surface area contributed by atoms with E-state index in [1.54, 1.807) is 0 Å². The van der Waals surface area contributed by atoms with Crippen molar-refractivity contribution < 1.29 is 9.84 Å². The lowest BCUT2D eigenvalue weighted by molar-refractivity contribution is 0.108. The van der Waals surface area contributed by atoms with E-state index in [0.717, 1.165) is 17.7 Å². The van der Waals surface area contributed by atoms with Crippen LogP contribution in [-0.2, 0) is 0 Å². The summed E-state index contributed by atoms with van der Waals surface area (Å²) in [6.45, 7) is 2.98. The Morgan fingerprint density at radius 1 is 0.828 bits per heavy atom. The molecular formula is C26H29NO2. The molecule has 3 heteroatoms. The van der Waals surface area contributed by atoms with Crippen LogP contribution in [0.2, 0.25) is 0 Å². The molecule has 3 aromatic carbocycles. The molecule has 0 radical (unpaired) electrons. The van der Waals surface area contributed by atoms with Crippen LogP contribution in [0.3, 0.4) is 0 Å². The molecule has 0 fully saturated rings. The molecule has 0 aromatic heterocycles. The smallest absolute Gasteiger partial charge is 0.119 e. The Morgan fingerprint density at radius 2 is 1.38 bits per heavy atom. The van der Waals surface area contributed by atoms with Crippen LogP contribution in [0, 0.1) is 0 Å². The van der Waals surface area contributed by atoms with Crippen LogP contribution in [0.5, 0.6) is 5.75 Å². The number of aliphatic hydroxyl groups excluding tert-OH is 1. The first-order valence-electron chi connectivity index (χ1n) is 10.1. The fraction of sp³-hybridized carbons (Fsp3) is 0.231. The van der Waals surface area contributed by atoms with Gasteiger partial charge in [-0.1, -0.05) is 79.7 Å². The van der Waals surface area contributed by atoms with Gasteiger partial charge in [-0.2, -0.15) is 0 Å². The van der Waals surface area contributed by atoms with Crippen molar-refractivity contribution >= 4 is 11.1 Å². The van der Waals surface area contributed by atoms with Gasteiger partial charge in [0.1, 0.15) is 18.5 Å². The number of rotatable bonds is 9. The Bertz CT molecular complexity index is 902. The quantitative estimate of drug-likeness (QED) is 0.507. The van der Waals surface area contributed by atoms with E-state index in [4.69, 9.17) is 4.74 Å². The van der Waals surface area contributed by atoms with Gasteiger partial charge in [-0.3, -0.25) is 0 Å². The number of ether oxygens (including phenoxy) is 1. The Balaban J connectivity index is 1.96. The van der Waals surface area contributed by atoms with Gasteiger partial charge in [-0.05, 0) is 53.4 Å². The zero-order valence-electron chi connectivity index (χ0n) is 17.1. The van der Waals surface area contributed by atoms with Gasteiger partial charge < -0.3 is 15.2 Å². The molecule has 0 spiro atoms. The van der Waals surface area contributed by atoms with Crippen molar-refractivity contribution in [1.29, 1.82) is 0 Å². The van der Waals surface area contributed by atoms with Crippen LogP contribution in [-0.4, -0.2) is 31.4 Å². The minimum atomic E-state index is -0.524. The van der Waals surface area contributed by atoms with Crippen LogP contribution in [0.15, 0.2) is 84.9 Å². The van der Waals surface area contributed by atoms with E-state index >= 15 is 0 Å². The number of likely N-dealkylation sites (N-methyl/N-ethyl adjacent to an activating group) is 1. The van der Waals surface area contributed by atoms with E-state index in [1.165, 1.54) is 22.3 Å². The molecule has 1 atom stereocenters. The van der Waals surface area contributed by atoms with Gasteiger partial charge in [0.25, 0.3) is 0 Å². The van der Waals surface area contributed by atoms with Crippen molar-refractivity contribution in [2.24, 2.45) is 0 Å². The standard InChI is InChI=1S/C26H29NO2/c1-3-25(20-10-6-4-7-11-20)26(21-12-8-5-9-13-21)22-14-16-24(17-15-22)29-19-23(28)18-27-2/h4-17,23,27-28H,3,18-19H2,1-2H3/b26-25-. The average Bonchev–Trinajstić information content (AvgIpc) is 2.78. The van der Waals surface area contributed by atoms with E-state index in [9.17, 15) is 5.11 Å². The van der Waals surface area contributed by atoms with Crippen LogP contribution in [0.25, 0.3) is 11.1 Å². The van der Waals surface area contributed by atoms with Crippen molar-refractivity contribution in [1.82, 2.24) is 5.32 Å². The Labute approximate surface area is 173 Å². The number of benzene rings is 3. The lowest BCUT2D eigenvalue weighted by Crippen LogP contribution is -2.29. The first kappa shape index (κ1) is 20.8. The van der Waals surface area contributed by atoms with Gasteiger partial charge >= 0.3 is 0 Å². The Hall–Kier alpha value is -2.88. The van der Waals surface area contributed by atoms with Crippen molar-refractivity contribution in [3.63, 3.8) is 0 Å². The van der Waals surface area contributed by atoms with E-state index in [2.05, 4.69) is 72.9 Å². The zero-order valence-corrected chi connectivity index (χ0v) is 17.1. The van der Waals surface area contributed by atoms with E-state index in [1.807, 2.05) is 31.3 Å². The molecule has 0 aliphatic heterocycles. The zero-order chi connectivity index (χ0) is 20.5. The molecule has 2 N–H and O–H groups in total. The largest absolute Gasteiger partial charge is 0.491 e. The maximum Gasteiger partial charge on any atom is 0.119 e. The van der Waals surface area contributed by atoms with E-state index < -0.39 is 6.10 Å². The first-order chi connectivity index (χ1) is 14.2. The normalized spacial score (nSPS) is 12.9. The second-order valence-corrected chi connectivity index (χ2v) is 6.99. The molecule has 0 bridgehead atoms. The van der Waals surface area contributed by atoms with Crippen molar-refractivity contribution in [2.75, 3.05) is 20.2 Å². The highest BCUT2D eigenvalue weighted by atomic mass is 16.5. The molecule has 150 valence electrons. The number of aliphatic hydroxyl groups is 1. The molecule has 3 nitrogen and oxygen atoms in total. The van der Waals surface area contributed by atoms with Crippen molar-refractivity contribution in [2.45, 2.75) is 19.4 Å². The summed E-state index contributed by atoms with van der Waals surface area (Å²) in [6, 6.07) is 29.2. The summed E-state index contributed by atoms with van der Waals surface area (Å²) in [6.07, 6.45) is 0.409. The Morgan fingerprint density at radius 3 is 1.93 bits per heavy atom. The predicted molar refractivity (Wildman–Crippen MR) is 121 cm³/mol. The highest BCUT2D eigenvalue weighted by Gasteiger charge is 2.13. The lowest BCUT2D eigenvalue weighted by Gasteiger charge is -2.17. The molecule has 0 amide bonds. The lowest BCUT2D eigenvalue weighted by atomic mass is 9.88. The fourth-order valence-electron chi connectivity index (χ4n) is 3.49. The van der Waals surface area contributed by atoms with Gasteiger partial charge in [0.2, 0.25) is 0 Å². The molecule has 3 rings (SSSR count). The van der Waals surface area contributed by atoms with Crippen molar-refractivity contribution in [3.8, 4) is 5.75 Å². The molecule has 0 heterocycles. The highest BCUT2D eigenvalue weighted by molar-refractivity contribution is 5.98. The summed E-state index contributed by atoms with van der Waals surface area (Å²) in [4.78, 5) is 0. The number of hydrogen-bond acceptors (Lipinski definition) is 3. The molecule has 0 saturated heterocycles. The monoisotopic (exact) mass is 387 g/mol. The topological polar surface area (TPSA) is 41.5 Å². The fourth-order valence-corrected chi connectivity index (χ4v) is 3.49. The van der Waals surface area contributed by atoms with Crippen LogP contribution < -0.4 is 10.1 Å². The number of nitrogens with one attached hydrogen (secondary N) is 1. The first-order valence-corrected chi connectivity index (χ1v) is 10.1. The molecule has 0 aliphatic carbocycles. The third-order valence-electron chi connectivity index (χ3n) is 4.87. The minimum Gasteiger partial charge on any atom is -0.491 e. The summed E-state index contributed by atoms with van der Waals surface area (Å²) in [5, 5.41) is 12.8. The van der Waals surface area contributed by atoms with Crippen LogP contribution >= 0.6 is 0 Å². The summed E-state index contributed by atoms with van der Waals surface area (Å²) >= 11 is 0. The Kier molecular flexibility index (Phi) is 7.62. The molecule has 0 aliphatic rings. The van der Waals surface area contributed by atoms with Gasteiger partial charge in [0, 0.05) is 6.54 Å². The number of hydrogen-bond donors (Lipinski definition) is 2. The molecule has 0 saturated carbocycles. The van der Waals surface area contributed by atoms with Gasteiger partial charge in [0.15, 0.2) is 0 Å². The molecule has 3 aromatic rings. The summed E-state index contributed by atoms with van der Waals surface area (Å²) in [5.41, 5.74) is 6.15. The third-order valence-corrected chi connectivity index (χ3v) is 4.87. The maximum absolute atomic E-state index is 9.84. The number of allylic oxidation sites excluding steroid dienone is 1. The molecule has 1 unspecified atom stereocenters. The summed E-state index contributed by atoms with van der Waals surface area (Å²) < 4.78 is 5.73. The van der Waals surface area contributed by atoms with E-state index in [-0.39, 0.29) is 6.61 Å². The minimum absolute atomic E-state index is 0.270. The SMILES string of the molecule is CC/C(=C(\c1ccccc1)c1ccc(OCC(O)CNC)cc1)c1ccccc1. The van der Waals surface area contributed by atoms with E-state index in [0.29, 0.717) is 6.54 Å². The van der Waals surface area contributed by atoms with Crippen LogP contribution in [0.4, 0.5) is 0 Å². The van der Waals surface area contributed by atoms with Gasteiger partial charge in [0.05, 0.1) is 0 Å². The predicted octanol–water partition coefficient (Wildman–Crippen LogP) is 5.01. The summed E-state index contributed by atoms with van der Waals surface area (Å²) in [7, 11) is 1.81. The van der Waals surface area contributed by atoms with Crippen LogP contribution in [0.1, 0.15) is 30.0 Å². The maximum atomic E-state index is 9.84.